The number of benzene rings is 2. The number of thioether (sulfide) groups is 1. The molecule has 0 aromatic heterocycles. The molecule has 0 spiro atoms. The largest absolute Gasteiger partial charge is 0.352 e. The van der Waals surface area contributed by atoms with Crippen LogP contribution in [0.3, 0.4) is 0 Å². The topological polar surface area (TPSA) is 82.0 Å². The standard InChI is InChI=1S/C28H28ClN3O2S/c1-16-5-10-20(11-17(16)2)31-24(34)15-35-27-21(14-30)25(18-6-8-19(29)9-7-18)26-22(32-27)12-28(3,4)13-23(26)33/h5-11,25,32H,12-13,15H2,1-4H3,(H,31,34). The van der Waals surface area contributed by atoms with Crippen molar-refractivity contribution in [3.8, 4) is 6.07 Å². The first kappa shape index (κ1) is 25.1. The maximum Gasteiger partial charge on any atom is 0.234 e. The predicted molar refractivity (Wildman–Crippen MR) is 142 cm³/mol. The van der Waals surface area contributed by atoms with Crippen molar-refractivity contribution in [2.45, 2.75) is 46.5 Å². The molecule has 4 rings (SSSR count). The molecular formula is C28H28ClN3O2S. The normalized spacial score (nSPS) is 19.1. The molecule has 1 atom stereocenters. The Kier molecular flexibility index (Phi) is 7.12. The number of carbonyl (C=O) groups is 2. The van der Waals surface area contributed by atoms with Crippen LogP contribution in [0.2, 0.25) is 5.02 Å². The molecule has 0 saturated heterocycles. The van der Waals surface area contributed by atoms with Crippen LogP contribution in [-0.4, -0.2) is 17.4 Å². The number of aryl methyl sites for hydroxylation is 2. The van der Waals surface area contributed by atoms with Crippen LogP contribution in [0.5, 0.6) is 0 Å². The third-order valence-electron chi connectivity index (χ3n) is 6.47. The third kappa shape index (κ3) is 5.47. The lowest BCUT2D eigenvalue weighted by atomic mass is 9.69. The van der Waals surface area contributed by atoms with Gasteiger partial charge in [-0.3, -0.25) is 9.59 Å². The second-order valence-electron chi connectivity index (χ2n) is 9.93. The van der Waals surface area contributed by atoms with Crippen molar-refractivity contribution in [2.75, 3.05) is 11.1 Å². The summed E-state index contributed by atoms with van der Waals surface area (Å²) in [5, 5.41) is 17.7. The first-order valence-corrected chi connectivity index (χ1v) is 12.9. The Labute approximate surface area is 215 Å². The molecule has 1 aliphatic carbocycles. The number of halogens is 1. The zero-order valence-corrected chi connectivity index (χ0v) is 21.9. The average molecular weight is 506 g/mol. The minimum atomic E-state index is -0.484. The van der Waals surface area contributed by atoms with Crippen LogP contribution in [0.15, 0.2) is 64.3 Å². The Morgan fingerprint density at radius 1 is 1.17 bits per heavy atom. The van der Waals surface area contributed by atoms with E-state index in [0.29, 0.717) is 34.0 Å². The van der Waals surface area contributed by atoms with Gasteiger partial charge in [0.05, 0.1) is 28.3 Å². The predicted octanol–water partition coefficient (Wildman–Crippen LogP) is 6.39. The van der Waals surface area contributed by atoms with Crippen LogP contribution in [0.1, 0.15) is 49.3 Å². The summed E-state index contributed by atoms with van der Waals surface area (Å²) in [7, 11) is 0. The van der Waals surface area contributed by atoms with Gasteiger partial charge in [0.15, 0.2) is 5.78 Å². The summed E-state index contributed by atoms with van der Waals surface area (Å²) in [5.41, 5.74) is 5.59. The Balaban J connectivity index is 1.63. The molecule has 0 saturated carbocycles. The molecule has 5 nitrogen and oxygen atoms in total. The molecular weight excluding hydrogens is 478 g/mol. The molecule has 0 bridgehead atoms. The van der Waals surface area contributed by atoms with Crippen molar-refractivity contribution < 1.29 is 9.59 Å². The quantitative estimate of drug-likeness (QED) is 0.491. The van der Waals surface area contributed by atoms with Crippen LogP contribution in [0.25, 0.3) is 0 Å². The van der Waals surface area contributed by atoms with Crippen LogP contribution in [-0.2, 0) is 9.59 Å². The number of nitrogens with one attached hydrogen (secondary N) is 2. The van der Waals surface area contributed by atoms with Crippen molar-refractivity contribution in [3.63, 3.8) is 0 Å². The van der Waals surface area contributed by atoms with Gasteiger partial charge in [-0.2, -0.15) is 5.26 Å². The van der Waals surface area contributed by atoms with Gasteiger partial charge in [-0.15, -0.1) is 0 Å². The third-order valence-corrected chi connectivity index (χ3v) is 7.74. The molecule has 1 aliphatic heterocycles. The fraction of sp³-hybridized carbons (Fsp3) is 0.321. The Morgan fingerprint density at radius 3 is 2.54 bits per heavy atom. The smallest absolute Gasteiger partial charge is 0.234 e. The Morgan fingerprint density at radius 2 is 1.89 bits per heavy atom. The number of hydrogen-bond donors (Lipinski definition) is 2. The van der Waals surface area contributed by atoms with E-state index in [1.165, 1.54) is 11.8 Å². The van der Waals surface area contributed by atoms with Crippen molar-refractivity contribution in [3.05, 3.63) is 86.0 Å². The maximum absolute atomic E-state index is 13.3. The number of hydrogen-bond acceptors (Lipinski definition) is 5. The van der Waals surface area contributed by atoms with Crippen molar-refractivity contribution in [2.24, 2.45) is 5.41 Å². The van der Waals surface area contributed by atoms with Crippen molar-refractivity contribution in [1.82, 2.24) is 5.32 Å². The number of ketones is 1. The Bertz CT molecular complexity index is 1300. The number of anilines is 1. The van der Waals surface area contributed by atoms with Gasteiger partial charge in [0.25, 0.3) is 0 Å². The fourth-order valence-corrected chi connectivity index (χ4v) is 5.62. The number of carbonyl (C=O) groups excluding carboxylic acids is 2. The van der Waals surface area contributed by atoms with Crippen molar-refractivity contribution >= 4 is 40.7 Å². The van der Waals surface area contributed by atoms with Gasteiger partial charge in [0, 0.05) is 28.4 Å². The van der Waals surface area contributed by atoms with Crippen LogP contribution < -0.4 is 10.6 Å². The van der Waals surface area contributed by atoms with E-state index in [2.05, 4.69) is 30.6 Å². The van der Waals surface area contributed by atoms with E-state index in [1.54, 1.807) is 12.1 Å². The van der Waals surface area contributed by atoms with E-state index in [1.807, 2.05) is 44.2 Å². The van der Waals surface area contributed by atoms with Crippen molar-refractivity contribution in [1.29, 1.82) is 5.26 Å². The van der Waals surface area contributed by atoms with E-state index in [9.17, 15) is 14.9 Å². The highest BCUT2D eigenvalue weighted by molar-refractivity contribution is 8.03. The molecule has 7 heteroatoms. The summed E-state index contributed by atoms with van der Waals surface area (Å²) in [4.78, 5) is 26.0. The lowest BCUT2D eigenvalue weighted by molar-refractivity contribution is -0.118. The first-order chi connectivity index (χ1) is 16.6. The average Bonchev–Trinajstić information content (AvgIpc) is 2.79. The second-order valence-corrected chi connectivity index (χ2v) is 11.4. The van der Waals surface area contributed by atoms with Gasteiger partial charge in [-0.1, -0.05) is 55.4 Å². The zero-order valence-electron chi connectivity index (χ0n) is 20.3. The SMILES string of the molecule is Cc1ccc(NC(=O)CSC2=C(C#N)C(c3ccc(Cl)cc3)C3=C(CC(C)(C)CC3=O)N2)cc1C. The van der Waals surface area contributed by atoms with E-state index in [0.717, 1.165) is 28.1 Å². The molecule has 2 aromatic rings. The molecule has 0 radical (unpaired) electrons. The molecule has 0 fully saturated rings. The zero-order chi connectivity index (χ0) is 25.3. The summed E-state index contributed by atoms with van der Waals surface area (Å²) in [6, 6.07) is 15.4. The summed E-state index contributed by atoms with van der Waals surface area (Å²) in [6.45, 7) is 8.17. The lowest BCUT2D eigenvalue weighted by Gasteiger charge is -2.39. The van der Waals surface area contributed by atoms with E-state index >= 15 is 0 Å². The van der Waals surface area contributed by atoms with Gasteiger partial charge in [-0.25, -0.2) is 0 Å². The first-order valence-electron chi connectivity index (χ1n) is 11.5. The lowest BCUT2D eigenvalue weighted by Crippen LogP contribution is -2.37. The van der Waals surface area contributed by atoms with E-state index < -0.39 is 5.92 Å². The number of nitriles is 1. The summed E-state index contributed by atoms with van der Waals surface area (Å²) < 4.78 is 0. The second kappa shape index (κ2) is 9.93. The highest BCUT2D eigenvalue weighted by Gasteiger charge is 2.41. The van der Waals surface area contributed by atoms with E-state index in [-0.39, 0.29) is 22.9 Å². The van der Waals surface area contributed by atoms with Gasteiger partial charge in [0.1, 0.15) is 0 Å². The number of rotatable bonds is 5. The maximum atomic E-state index is 13.3. The number of nitrogens with zero attached hydrogens (tertiary/aromatic N) is 1. The van der Waals surface area contributed by atoms with Crippen LogP contribution >= 0.6 is 23.4 Å². The van der Waals surface area contributed by atoms with Gasteiger partial charge < -0.3 is 10.6 Å². The molecule has 2 aliphatic rings. The molecule has 1 amide bonds. The molecule has 1 unspecified atom stereocenters. The number of dihydropyridines is 1. The van der Waals surface area contributed by atoms with Gasteiger partial charge in [0.2, 0.25) is 5.91 Å². The molecule has 180 valence electrons. The van der Waals surface area contributed by atoms with Crippen LogP contribution in [0, 0.1) is 30.6 Å². The highest BCUT2D eigenvalue weighted by atomic mass is 35.5. The number of amides is 1. The molecule has 2 N–H and O–H groups in total. The minimum Gasteiger partial charge on any atom is -0.352 e. The Hall–Kier alpha value is -3.01. The molecule has 35 heavy (non-hydrogen) atoms. The summed E-state index contributed by atoms with van der Waals surface area (Å²) in [5.74, 6) is -0.462. The highest BCUT2D eigenvalue weighted by Crippen LogP contribution is 2.47. The number of allylic oxidation sites excluding steroid dienone is 3. The van der Waals surface area contributed by atoms with Crippen LogP contribution in [0.4, 0.5) is 5.69 Å². The summed E-state index contributed by atoms with van der Waals surface area (Å²) >= 11 is 7.39. The van der Waals surface area contributed by atoms with Gasteiger partial charge >= 0.3 is 0 Å². The summed E-state index contributed by atoms with van der Waals surface area (Å²) in [6.07, 6.45) is 1.12. The van der Waals surface area contributed by atoms with E-state index in [4.69, 9.17) is 11.6 Å². The molecule has 2 aromatic carbocycles. The minimum absolute atomic E-state index is 0.0491. The van der Waals surface area contributed by atoms with Gasteiger partial charge in [-0.05, 0) is 66.6 Å². The molecule has 1 heterocycles. The fourth-order valence-electron chi connectivity index (χ4n) is 4.63. The monoisotopic (exact) mass is 505 g/mol. The number of Topliss-reactive ketones (excluding diaryl/α,β-unsaturated/α-hetero) is 1.